The third-order valence-corrected chi connectivity index (χ3v) is 7.21. The van der Waals surface area contributed by atoms with E-state index in [1.807, 2.05) is 41.2 Å². The van der Waals surface area contributed by atoms with E-state index >= 15 is 0 Å². The molecule has 4 aromatic rings. The molecule has 9 heteroatoms. The summed E-state index contributed by atoms with van der Waals surface area (Å²) in [6.45, 7) is 5.32. The van der Waals surface area contributed by atoms with Crippen molar-refractivity contribution in [3.8, 4) is 5.69 Å². The van der Waals surface area contributed by atoms with Crippen molar-refractivity contribution in [2.45, 2.75) is 11.6 Å². The van der Waals surface area contributed by atoms with Crippen LogP contribution in [0.1, 0.15) is 6.42 Å². The molecule has 0 N–H and O–H groups in total. The summed E-state index contributed by atoms with van der Waals surface area (Å²) < 4.78 is 3.12. The molecule has 0 spiro atoms. The molecule has 0 amide bonds. The second kappa shape index (κ2) is 9.11. The molecule has 30 heavy (non-hydrogen) atoms. The van der Waals surface area contributed by atoms with Gasteiger partial charge in [-0.2, -0.15) is 4.68 Å². The van der Waals surface area contributed by atoms with Crippen molar-refractivity contribution >= 4 is 39.0 Å². The molecule has 0 bridgehead atoms. The van der Waals surface area contributed by atoms with Gasteiger partial charge in [0.1, 0.15) is 5.82 Å². The number of thiophene rings is 1. The summed E-state index contributed by atoms with van der Waals surface area (Å²) in [6.07, 6.45) is 3.05. The van der Waals surface area contributed by atoms with E-state index in [2.05, 4.69) is 47.8 Å². The number of piperazine rings is 1. The zero-order valence-corrected chi connectivity index (χ0v) is 18.2. The van der Waals surface area contributed by atoms with Gasteiger partial charge in [0.05, 0.1) is 5.69 Å². The molecule has 1 aliphatic rings. The van der Waals surface area contributed by atoms with E-state index in [4.69, 9.17) is 0 Å². The first kappa shape index (κ1) is 19.5. The molecule has 0 unspecified atom stereocenters. The van der Waals surface area contributed by atoms with Crippen LogP contribution in [0.5, 0.6) is 0 Å². The zero-order valence-electron chi connectivity index (χ0n) is 16.6. The number of anilines is 1. The predicted molar refractivity (Wildman–Crippen MR) is 123 cm³/mol. The van der Waals surface area contributed by atoms with E-state index in [0.29, 0.717) is 0 Å². The van der Waals surface area contributed by atoms with Gasteiger partial charge in [0.2, 0.25) is 5.16 Å². The maximum absolute atomic E-state index is 4.65. The molecule has 4 heterocycles. The lowest BCUT2D eigenvalue weighted by Gasteiger charge is -2.35. The van der Waals surface area contributed by atoms with E-state index in [0.717, 1.165) is 61.6 Å². The van der Waals surface area contributed by atoms with Crippen molar-refractivity contribution in [1.29, 1.82) is 0 Å². The van der Waals surface area contributed by atoms with Crippen molar-refractivity contribution in [2.24, 2.45) is 0 Å². The Kier molecular flexibility index (Phi) is 5.91. The molecule has 0 radical (unpaired) electrons. The Hall–Kier alpha value is -2.49. The highest BCUT2D eigenvalue weighted by molar-refractivity contribution is 7.99. The summed E-state index contributed by atoms with van der Waals surface area (Å²) in [7, 11) is 0. The van der Waals surface area contributed by atoms with Crippen molar-refractivity contribution in [1.82, 2.24) is 30.1 Å². The highest BCUT2D eigenvalue weighted by Crippen LogP contribution is 2.29. The maximum Gasteiger partial charge on any atom is 0.214 e. The van der Waals surface area contributed by atoms with Gasteiger partial charge in [-0.1, -0.05) is 30.0 Å². The minimum absolute atomic E-state index is 0.848. The monoisotopic (exact) mass is 437 g/mol. The minimum atomic E-state index is 0.848. The van der Waals surface area contributed by atoms with E-state index < -0.39 is 0 Å². The molecular weight excluding hydrogens is 414 g/mol. The fourth-order valence-electron chi connectivity index (χ4n) is 3.77. The number of benzene rings is 1. The molecule has 3 aromatic heterocycles. The standard InChI is InChI=1S/C21H23N7S2/c1-2-5-17(6-3-1)28-21(23-24-25-28)30-15-4-10-26-11-13-27(14-12-26)20-18-8-16-29-19(18)7-9-22-20/h1-3,5-9,16H,4,10-15H2. The van der Waals surface area contributed by atoms with Crippen LogP contribution in [-0.4, -0.2) is 68.6 Å². The lowest BCUT2D eigenvalue weighted by atomic mass is 10.2. The van der Waals surface area contributed by atoms with Crippen molar-refractivity contribution in [3.05, 3.63) is 54.0 Å². The fraction of sp³-hybridized carbons (Fsp3) is 0.333. The van der Waals surface area contributed by atoms with E-state index in [1.54, 1.807) is 23.1 Å². The number of tetrazole rings is 1. The summed E-state index contributed by atoms with van der Waals surface area (Å²) >= 11 is 3.50. The Morgan fingerprint density at radius 1 is 1.00 bits per heavy atom. The van der Waals surface area contributed by atoms with Crippen molar-refractivity contribution in [3.63, 3.8) is 0 Å². The summed E-state index contributed by atoms with van der Waals surface area (Å²) in [5.41, 5.74) is 0.996. The molecule has 1 aliphatic heterocycles. The lowest BCUT2D eigenvalue weighted by Crippen LogP contribution is -2.47. The van der Waals surface area contributed by atoms with Crippen LogP contribution in [0.4, 0.5) is 5.82 Å². The Balaban J connectivity index is 1.09. The highest BCUT2D eigenvalue weighted by Gasteiger charge is 2.19. The van der Waals surface area contributed by atoms with Gasteiger partial charge in [0.15, 0.2) is 0 Å². The average Bonchev–Trinajstić information content (AvgIpc) is 3.47. The normalized spacial score (nSPS) is 15.1. The highest BCUT2D eigenvalue weighted by atomic mass is 32.2. The number of nitrogens with zero attached hydrogens (tertiary/aromatic N) is 7. The summed E-state index contributed by atoms with van der Waals surface area (Å²) in [6, 6.07) is 14.3. The average molecular weight is 438 g/mol. The molecular formula is C21H23N7S2. The van der Waals surface area contributed by atoms with Gasteiger partial charge in [-0.25, -0.2) is 4.98 Å². The molecule has 7 nitrogen and oxygen atoms in total. The first-order valence-corrected chi connectivity index (χ1v) is 12.0. The Labute approximate surface area is 183 Å². The first-order chi connectivity index (χ1) is 14.9. The fourth-order valence-corrected chi connectivity index (χ4v) is 5.36. The summed E-state index contributed by atoms with van der Waals surface area (Å²) in [5, 5.41) is 16.4. The molecule has 1 aromatic carbocycles. The Morgan fingerprint density at radius 3 is 2.73 bits per heavy atom. The number of pyridine rings is 1. The quantitative estimate of drug-likeness (QED) is 0.323. The molecule has 1 saturated heterocycles. The topological polar surface area (TPSA) is 63.0 Å². The number of thioether (sulfide) groups is 1. The molecule has 154 valence electrons. The predicted octanol–water partition coefficient (Wildman–Crippen LogP) is 3.58. The maximum atomic E-state index is 4.65. The van der Waals surface area contributed by atoms with E-state index in [1.165, 1.54) is 10.1 Å². The molecule has 0 atom stereocenters. The Bertz CT molecular complexity index is 1090. The second-order valence-corrected chi connectivity index (χ2v) is 9.22. The van der Waals surface area contributed by atoms with Gasteiger partial charge < -0.3 is 4.90 Å². The number of rotatable bonds is 7. The van der Waals surface area contributed by atoms with E-state index in [9.17, 15) is 0 Å². The Morgan fingerprint density at radius 2 is 1.87 bits per heavy atom. The molecule has 1 fully saturated rings. The number of aromatic nitrogens is 5. The van der Waals surface area contributed by atoms with Crippen LogP contribution in [0.3, 0.4) is 0 Å². The SMILES string of the molecule is c1ccc(-n2nnnc2SCCCN2CCN(c3nccc4sccc34)CC2)cc1. The summed E-state index contributed by atoms with van der Waals surface area (Å²) in [5.74, 6) is 2.14. The lowest BCUT2D eigenvalue weighted by molar-refractivity contribution is 0.259. The number of hydrogen-bond donors (Lipinski definition) is 0. The van der Waals surface area contributed by atoms with Crippen molar-refractivity contribution < 1.29 is 0 Å². The van der Waals surface area contributed by atoms with Crippen LogP contribution in [0.2, 0.25) is 0 Å². The van der Waals surface area contributed by atoms with Gasteiger partial charge in [0.25, 0.3) is 0 Å². The van der Waals surface area contributed by atoms with Crippen molar-refractivity contribution in [2.75, 3.05) is 43.4 Å². The summed E-state index contributed by atoms with van der Waals surface area (Å²) in [4.78, 5) is 9.63. The van der Waals surface area contributed by atoms with Gasteiger partial charge in [-0.3, -0.25) is 4.90 Å². The number of fused-ring (bicyclic) bond motifs is 1. The van der Waals surface area contributed by atoms with E-state index in [-0.39, 0.29) is 0 Å². The van der Waals surface area contributed by atoms with Gasteiger partial charge in [-0.15, -0.1) is 16.4 Å². The van der Waals surface area contributed by atoms with Crippen LogP contribution in [0, 0.1) is 0 Å². The smallest absolute Gasteiger partial charge is 0.214 e. The van der Waals surface area contributed by atoms with Crippen LogP contribution in [-0.2, 0) is 0 Å². The van der Waals surface area contributed by atoms with Crippen LogP contribution in [0.15, 0.2) is 59.2 Å². The minimum Gasteiger partial charge on any atom is -0.354 e. The molecule has 0 saturated carbocycles. The van der Waals surface area contributed by atoms with Crippen LogP contribution in [0.25, 0.3) is 15.8 Å². The van der Waals surface area contributed by atoms with Gasteiger partial charge in [0, 0.05) is 48.2 Å². The molecule has 5 rings (SSSR count). The largest absolute Gasteiger partial charge is 0.354 e. The number of para-hydroxylation sites is 1. The van der Waals surface area contributed by atoms with Crippen LogP contribution >= 0.6 is 23.1 Å². The first-order valence-electron chi connectivity index (χ1n) is 10.1. The van der Waals surface area contributed by atoms with Gasteiger partial charge in [-0.05, 0) is 53.0 Å². The zero-order chi connectivity index (χ0) is 20.2. The molecule has 0 aliphatic carbocycles. The number of hydrogen-bond acceptors (Lipinski definition) is 8. The second-order valence-electron chi connectivity index (χ2n) is 7.21. The van der Waals surface area contributed by atoms with Gasteiger partial charge >= 0.3 is 0 Å². The third kappa shape index (κ3) is 4.19. The van der Waals surface area contributed by atoms with Crippen LogP contribution < -0.4 is 4.90 Å². The third-order valence-electron chi connectivity index (χ3n) is 5.32.